The molecular weight excluding hydrogens is 218 g/mol. The summed E-state index contributed by atoms with van der Waals surface area (Å²) >= 11 is 0. The third kappa shape index (κ3) is 3.04. The molecule has 96 valence electrons. The average Bonchev–Trinajstić information content (AvgIpc) is 2.86. The van der Waals surface area contributed by atoms with E-state index in [2.05, 4.69) is 22.4 Å². The summed E-state index contributed by atoms with van der Waals surface area (Å²) in [4.78, 5) is 4.46. The second kappa shape index (κ2) is 6.12. The number of piperidine rings is 1. The summed E-state index contributed by atoms with van der Waals surface area (Å²) in [5.74, 6) is 1.38. The molecule has 1 saturated heterocycles. The number of ether oxygens (including phenoxy) is 1. The van der Waals surface area contributed by atoms with Crippen LogP contribution in [0, 0.1) is 0 Å². The Labute approximate surface area is 102 Å². The Bertz CT molecular complexity index is 315. The molecule has 0 spiro atoms. The van der Waals surface area contributed by atoms with Crippen molar-refractivity contribution < 1.29 is 9.26 Å². The largest absolute Gasteiger partial charge is 0.370 e. The highest BCUT2D eigenvalue weighted by molar-refractivity contribution is 4.96. The van der Waals surface area contributed by atoms with Gasteiger partial charge in [0.2, 0.25) is 11.7 Å². The van der Waals surface area contributed by atoms with Crippen molar-refractivity contribution in [2.24, 2.45) is 0 Å². The van der Waals surface area contributed by atoms with Crippen molar-refractivity contribution >= 4 is 0 Å². The summed E-state index contributed by atoms with van der Waals surface area (Å²) in [6.45, 7) is 5.75. The van der Waals surface area contributed by atoms with Gasteiger partial charge in [-0.25, -0.2) is 0 Å². The minimum absolute atomic E-state index is 0.0407. The monoisotopic (exact) mass is 239 g/mol. The van der Waals surface area contributed by atoms with Gasteiger partial charge in [0.05, 0.1) is 6.04 Å². The van der Waals surface area contributed by atoms with E-state index in [9.17, 15) is 0 Å². The minimum Gasteiger partial charge on any atom is -0.370 e. The predicted octanol–water partition coefficient (Wildman–Crippen LogP) is 2.37. The van der Waals surface area contributed by atoms with E-state index in [4.69, 9.17) is 9.26 Å². The Hall–Kier alpha value is -0.940. The SMILES string of the molecule is CCOC(CC)c1noc([C@H]2CCCCN2)n1. The van der Waals surface area contributed by atoms with E-state index < -0.39 is 0 Å². The lowest BCUT2D eigenvalue weighted by molar-refractivity contribution is 0.0518. The standard InChI is InChI=1S/C12H21N3O2/c1-3-10(16-4-2)11-14-12(17-15-11)9-7-5-6-8-13-9/h9-10,13H,3-8H2,1-2H3/t9-,10?/m1/s1. The summed E-state index contributed by atoms with van der Waals surface area (Å²) in [6.07, 6.45) is 4.35. The third-order valence-corrected chi connectivity index (χ3v) is 3.09. The van der Waals surface area contributed by atoms with Crippen molar-refractivity contribution in [1.29, 1.82) is 0 Å². The smallest absolute Gasteiger partial charge is 0.243 e. The van der Waals surface area contributed by atoms with Crippen molar-refractivity contribution in [3.8, 4) is 0 Å². The maximum absolute atomic E-state index is 5.57. The first-order valence-corrected chi connectivity index (χ1v) is 6.53. The molecule has 1 aliphatic rings. The average molecular weight is 239 g/mol. The van der Waals surface area contributed by atoms with Gasteiger partial charge >= 0.3 is 0 Å². The Morgan fingerprint density at radius 1 is 1.47 bits per heavy atom. The van der Waals surface area contributed by atoms with Crippen molar-refractivity contribution in [1.82, 2.24) is 15.5 Å². The molecule has 1 N–H and O–H groups in total. The van der Waals surface area contributed by atoms with Crippen LogP contribution in [0.5, 0.6) is 0 Å². The second-order valence-corrected chi connectivity index (χ2v) is 4.35. The van der Waals surface area contributed by atoms with Crippen molar-refractivity contribution in [2.45, 2.75) is 51.7 Å². The Morgan fingerprint density at radius 3 is 3.00 bits per heavy atom. The fourth-order valence-electron chi connectivity index (χ4n) is 2.16. The van der Waals surface area contributed by atoms with Gasteiger partial charge in [0.1, 0.15) is 6.10 Å². The summed E-state index contributed by atoms with van der Waals surface area (Å²) in [5, 5.41) is 7.43. The van der Waals surface area contributed by atoms with E-state index in [0.29, 0.717) is 18.3 Å². The molecule has 1 fully saturated rings. The summed E-state index contributed by atoms with van der Waals surface area (Å²) < 4.78 is 10.9. The molecule has 2 atom stereocenters. The van der Waals surface area contributed by atoms with Gasteiger partial charge in [0.25, 0.3) is 0 Å². The molecule has 0 aliphatic carbocycles. The van der Waals surface area contributed by atoms with Crippen LogP contribution in [0.25, 0.3) is 0 Å². The summed E-state index contributed by atoms with van der Waals surface area (Å²) in [7, 11) is 0. The second-order valence-electron chi connectivity index (χ2n) is 4.35. The van der Waals surface area contributed by atoms with Gasteiger partial charge in [-0.2, -0.15) is 4.98 Å². The Morgan fingerprint density at radius 2 is 2.35 bits per heavy atom. The summed E-state index contributed by atoms with van der Waals surface area (Å²) in [6, 6.07) is 0.226. The van der Waals surface area contributed by atoms with Crippen molar-refractivity contribution in [3.63, 3.8) is 0 Å². The van der Waals surface area contributed by atoms with Gasteiger partial charge in [-0.1, -0.05) is 18.5 Å². The van der Waals surface area contributed by atoms with E-state index in [1.807, 2.05) is 6.92 Å². The molecule has 17 heavy (non-hydrogen) atoms. The number of hydrogen-bond acceptors (Lipinski definition) is 5. The fraction of sp³-hybridized carbons (Fsp3) is 0.833. The highest BCUT2D eigenvalue weighted by atomic mass is 16.5. The number of hydrogen-bond donors (Lipinski definition) is 1. The van der Waals surface area contributed by atoms with Crippen LogP contribution in [0.4, 0.5) is 0 Å². The van der Waals surface area contributed by atoms with Gasteiger partial charge in [-0.15, -0.1) is 0 Å². The lowest BCUT2D eigenvalue weighted by Gasteiger charge is -2.19. The summed E-state index contributed by atoms with van der Waals surface area (Å²) in [5.41, 5.74) is 0. The van der Waals surface area contributed by atoms with Crippen LogP contribution in [0.1, 0.15) is 63.4 Å². The third-order valence-electron chi connectivity index (χ3n) is 3.09. The van der Waals surface area contributed by atoms with Crippen LogP contribution in [-0.4, -0.2) is 23.3 Å². The zero-order chi connectivity index (χ0) is 12.1. The van der Waals surface area contributed by atoms with Crippen LogP contribution < -0.4 is 5.32 Å². The van der Waals surface area contributed by atoms with Crippen molar-refractivity contribution in [2.75, 3.05) is 13.2 Å². The van der Waals surface area contributed by atoms with Crippen molar-refractivity contribution in [3.05, 3.63) is 11.7 Å². The number of rotatable bonds is 5. The molecule has 2 rings (SSSR count). The lowest BCUT2D eigenvalue weighted by Crippen LogP contribution is -2.27. The van der Waals surface area contributed by atoms with Gasteiger partial charge in [-0.05, 0) is 32.7 Å². The van der Waals surface area contributed by atoms with Gasteiger partial charge in [0.15, 0.2) is 0 Å². The van der Waals surface area contributed by atoms with Gasteiger partial charge < -0.3 is 14.6 Å². The minimum atomic E-state index is -0.0407. The van der Waals surface area contributed by atoms with Gasteiger partial charge in [-0.3, -0.25) is 0 Å². The number of aromatic nitrogens is 2. The molecule has 0 aromatic carbocycles. The Balaban J connectivity index is 2.03. The van der Waals surface area contributed by atoms with E-state index in [-0.39, 0.29) is 12.1 Å². The highest BCUT2D eigenvalue weighted by Crippen LogP contribution is 2.24. The first-order chi connectivity index (χ1) is 8.35. The predicted molar refractivity (Wildman–Crippen MR) is 63.6 cm³/mol. The van der Waals surface area contributed by atoms with E-state index in [1.165, 1.54) is 12.8 Å². The molecule has 1 aliphatic heterocycles. The van der Waals surface area contributed by atoms with Crippen LogP contribution in [0.3, 0.4) is 0 Å². The first-order valence-electron chi connectivity index (χ1n) is 6.53. The molecule has 0 bridgehead atoms. The maximum atomic E-state index is 5.57. The molecule has 1 unspecified atom stereocenters. The molecule has 1 aromatic heterocycles. The van der Waals surface area contributed by atoms with Crippen LogP contribution in [0.15, 0.2) is 4.52 Å². The molecule has 5 nitrogen and oxygen atoms in total. The molecule has 2 heterocycles. The zero-order valence-corrected chi connectivity index (χ0v) is 10.6. The normalized spacial score (nSPS) is 22.6. The fourth-order valence-corrected chi connectivity index (χ4v) is 2.16. The molecule has 5 heteroatoms. The molecular formula is C12H21N3O2. The van der Waals surface area contributed by atoms with Crippen LogP contribution in [0.2, 0.25) is 0 Å². The van der Waals surface area contributed by atoms with Crippen LogP contribution in [-0.2, 0) is 4.74 Å². The molecule has 1 aromatic rings. The topological polar surface area (TPSA) is 60.2 Å². The number of nitrogens with one attached hydrogen (secondary N) is 1. The van der Waals surface area contributed by atoms with Crippen LogP contribution >= 0.6 is 0 Å². The molecule has 0 saturated carbocycles. The molecule has 0 amide bonds. The molecule has 0 radical (unpaired) electrons. The maximum Gasteiger partial charge on any atom is 0.243 e. The highest BCUT2D eigenvalue weighted by Gasteiger charge is 2.23. The van der Waals surface area contributed by atoms with Gasteiger partial charge in [0, 0.05) is 6.61 Å². The lowest BCUT2D eigenvalue weighted by atomic mass is 10.1. The van der Waals surface area contributed by atoms with E-state index in [1.54, 1.807) is 0 Å². The Kier molecular flexibility index (Phi) is 4.50. The quantitative estimate of drug-likeness (QED) is 0.854. The van der Waals surface area contributed by atoms with E-state index in [0.717, 1.165) is 19.4 Å². The first kappa shape index (κ1) is 12.5. The number of nitrogens with zero attached hydrogens (tertiary/aromatic N) is 2. The zero-order valence-electron chi connectivity index (χ0n) is 10.6. The van der Waals surface area contributed by atoms with E-state index >= 15 is 0 Å².